The number of benzene rings is 2. The number of rotatable bonds is 9. The monoisotopic (exact) mass is 551 g/mol. The third-order valence-electron chi connectivity index (χ3n) is 5.94. The Hall–Kier alpha value is -3.25. The quantitative estimate of drug-likeness (QED) is 0.187. The van der Waals surface area contributed by atoms with Crippen LogP contribution in [0.5, 0.6) is 5.75 Å². The predicted octanol–water partition coefficient (Wildman–Crippen LogP) is 7.70. The van der Waals surface area contributed by atoms with Crippen LogP contribution in [0, 0.1) is 5.82 Å². The molecular formula is C27H30F3N2O5S+. The molecule has 11 heteroatoms. The van der Waals surface area contributed by atoms with Gasteiger partial charge in [0.25, 0.3) is 11.0 Å². The fourth-order valence-corrected chi connectivity index (χ4v) is 4.90. The Labute approximate surface area is 223 Å². The predicted molar refractivity (Wildman–Crippen MR) is 140 cm³/mol. The maximum Gasteiger partial charge on any atom is 0.338 e. The Balaban J connectivity index is 1.85. The van der Waals surface area contributed by atoms with Gasteiger partial charge in [0.1, 0.15) is 17.3 Å². The Morgan fingerprint density at radius 2 is 1.84 bits per heavy atom. The molecule has 0 saturated carbocycles. The number of thioether (sulfide) groups is 1. The molecule has 0 bridgehead atoms. The van der Waals surface area contributed by atoms with Crippen molar-refractivity contribution in [3.8, 4) is 5.75 Å². The fraction of sp³-hybridized carbons (Fsp3) is 0.296. The molecule has 38 heavy (non-hydrogen) atoms. The fourth-order valence-electron chi connectivity index (χ4n) is 3.95. The number of halogens is 3. The number of anilines is 1. The van der Waals surface area contributed by atoms with Gasteiger partial charge in [-0.25, -0.2) is 18.0 Å². The van der Waals surface area contributed by atoms with Crippen LogP contribution < -0.4 is 10.2 Å². The van der Waals surface area contributed by atoms with Gasteiger partial charge >= 0.3 is 5.97 Å². The summed E-state index contributed by atoms with van der Waals surface area (Å²) in [5, 5.41) is 30.9. The summed E-state index contributed by atoms with van der Waals surface area (Å²) in [5.74, 6) is -5.36. The second-order valence-electron chi connectivity index (χ2n) is 8.98. The number of hydrogen-bond acceptors (Lipinski definition) is 6. The van der Waals surface area contributed by atoms with E-state index in [1.165, 1.54) is 13.2 Å². The normalized spacial score (nSPS) is 15.5. The Morgan fingerprint density at radius 3 is 2.34 bits per heavy atom. The molecule has 0 atom stereocenters. The Kier molecular flexibility index (Phi) is 8.98. The summed E-state index contributed by atoms with van der Waals surface area (Å²) >= 11 is 1.05. The number of nitrogens with zero attached hydrogens (tertiary/aromatic N) is 1. The first-order chi connectivity index (χ1) is 17.8. The van der Waals surface area contributed by atoms with Crippen LogP contribution in [0.3, 0.4) is 0 Å². The van der Waals surface area contributed by atoms with Crippen molar-refractivity contribution in [1.82, 2.24) is 0 Å². The molecule has 0 saturated heterocycles. The standard InChI is InChI=1S/C27H29F3N2O5S/c1-5-24(32(35,36)31-22-15-21(28)20(26(33)34)14-23(22)37-4)38-25(16(2)3)19-8-6-17(7-9-19)18-10-12-27(29,30)13-11-18/h5-10,14-15,31,35-36H,11-13H2,1-4H3/p+1/b24-5-. The van der Waals surface area contributed by atoms with Crippen molar-refractivity contribution in [2.24, 2.45) is 0 Å². The van der Waals surface area contributed by atoms with Gasteiger partial charge in [-0.3, -0.25) is 0 Å². The van der Waals surface area contributed by atoms with Gasteiger partial charge in [0.2, 0.25) is 0 Å². The van der Waals surface area contributed by atoms with Crippen LogP contribution >= 0.6 is 11.8 Å². The van der Waals surface area contributed by atoms with E-state index >= 15 is 0 Å². The number of allylic oxidation sites excluding steroid dienone is 4. The summed E-state index contributed by atoms with van der Waals surface area (Å²) in [6.45, 7) is 5.30. The average Bonchev–Trinajstić information content (AvgIpc) is 2.84. The van der Waals surface area contributed by atoms with Crippen LogP contribution in [0.2, 0.25) is 0 Å². The van der Waals surface area contributed by atoms with Gasteiger partial charge in [0.15, 0.2) is 0 Å². The number of aromatic carboxylic acids is 1. The van der Waals surface area contributed by atoms with Crippen molar-refractivity contribution in [1.29, 1.82) is 0 Å². The highest BCUT2D eigenvalue weighted by Gasteiger charge is 2.35. The largest absolute Gasteiger partial charge is 0.494 e. The first-order valence-electron chi connectivity index (χ1n) is 11.7. The van der Waals surface area contributed by atoms with Crippen molar-refractivity contribution in [2.75, 3.05) is 12.5 Å². The molecule has 0 unspecified atom stereocenters. The first kappa shape index (κ1) is 29.3. The molecule has 0 radical (unpaired) electrons. The molecule has 3 rings (SSSR count). The average molecular weight is 552 g/mol. The Morgan fingerprint density at radius 1 is 1.18 bits per heavy atom. The lowest BCUT2D eigenvalue weighted by atomic mass is 9.91. The SMILES string of the molecule is C/C=C(\SC(=C(C)C)c1ccc(C2=CCC(F)(F)CC2)cc1)[N+](O)(O)Nc1cc(F)c(C(=O)O)cc1OC. The molecule has 0 aliphatic heterocycles. The van der Waals surface area contributed by atoms with Crippen LogP contribution in [0.25, 0.3) is 10.5 Å². The van der Waals surface area contributed by atoms with Crippen molar-refractivity contribution in [3.63, 3.8) is 0 Å². The van der Waals surface area contributed by atoms with Gasteiger partial charge in [-0.05, 0) is 67.8 Å². The lowest BCUT2D eigenvalue weighted by molar-refractivity contribution is -1.20. The maximum atomic E-state index is 14.3. The maximum absolute atomic E-state index is 14.3. The molecule has 7 nitrogen and oxygen atoms in total. The molecular weight excluding hydrogens is 521 g/mol. The molecule has 0 spiro atoms. The van der Waals surface area contributed by atoms with Gasteiger partial charge in [-0.2, -0.15) is 5.43 Å². The van der Waals surface area contributed by atoms with Crippen LogP contribution in [0.1, 0.15) is 61.5 Å². The second kappa shape index (κ2) is 11.6. The van der Waals surface area contributed by atoms with Crippen molar-refractivity contribution < 1.29 is 43.1 Å². The highest BCUT2D eigenvalue weighted by Crippen LogP contribution is 2.41. The minimum Gasteiger partial charge on any atom is -0.494 e. The zero-order chi connectivity index (χ0) is 28.3. The number of nitrogens with one attached hydrogen (secondary N) is 1. The Bertz CT molecular complexity index is 1300. The van der Waals surface area contributed by atoms with Gasteiger partial charge in [0, 0.05) is 23.8 Å². The van der Waals surface area contributed by atoms with Crippen molar-refractivity contribution >= 4 is 33.9 Å². The van der Waals surface area contributed by atoms with Crippen LogP contribution in [0.15, 0.2) is 59.2 Å². The van der Waals surface area contributed by atoms with Gasteiger partial charge < -0.3 is 9.84 Å². The number of quaternary nitrogens is 1. The van der Waals surface area contributed by atoms with E-state index in [1.54, 1.807) is 13.0 Å². The lowest BCUT2D eigenvalue weighted by Crippen LogP contribution is -2.44. The molecule has 2 aromatic rings. The highest BCUT2D eigenvalue weighted by molar-refractivity contribution is 8.11. The van der Waals surface area contributed by atoms with E-state index in [4.69, 9.17) is 9.84 Å². The van der Waals surface area contributed by atoms with E-state index < -0.39 is 28.2 Å². The number of ether oxygens (including phenoxy) is 1. The second-order valence-corrected chi connectivity index (χ2v) is 10.0. The molecule has 1 aliphatic rings. The summed E-state index contributed by atoms with van der Waals surface area (Å²) in [6, 6.07) is 9.11. The van der Waals surface area contributed by atoms with Crippen molar-refractivity contribution in [2.45, 2.75) is 46.0 Å². The summed E-state index contributed by atoms with van der Waals surface area (Å²) in [7, 11) is 1.23. The number of hydrogen-bond donors (Lipinski definition) is 4. The zero-order valence-corrected chi connectivity index (χ0v) is 22.2. The molecule has 0 fully saturated rings. The summed E-state index contributed by atoms with van der Waals surface area (Å²) < 4.78 is 46.4. The zero-order valence-electron chi connectivity index (χ0n) is 21.4. The minimum atomic E-state index is -2.67. The van der Waals surface area contributed by atoms with E-state index in [9.17, 15) is 28.4 Å². The first-order valence-corrected chi connectivity index (χ1v) is 12.5. The number of carbonyl (C=O) groups is 1. The van der Waals surface area contributed by atoms with E-state index in [-0.39, 0.29) is 35.7 Å². The summed E-state index contributed by atoms with van der Waals surface area (Å²) in [4.78, 5) is 10.1. The van der Waals surface area contributed by atoms with Gasteiger partial charge in [-0.1, -0.05) is 35.9 Å². The van der Waals surface area contributed by atoms with Gasteiger partial charge in [0.05, 0.1) is 17.6 Å². The molecule has 1 aliphatic carbocycles. The molecule has 4 N–H and O–H groups in total. The number of methoxy groups -OCH3 is 1. The molecule has 0 amide bonds. The minimum absolute atomic E-state index is 0.00673. The van der Waals surface area contributed by atoms with E-state index in [2.05, 4.69) is 5.43 Å². The van der Waals surface area contributed by atoms with Crippen LogP contribution in [0.4, 0.5) is 18.9 Å². The number of alkyl halides is 2. The third kappa shape index (κ3) is 6.79. The molecule has 0 aromatic heterocycles. The highest BCUT2D eigenvalue weighted by atomic mass is 32.2. The number of carboxylic acid groups (broad SMARTS) is 1. The van der Waals surface area contributed by atoms with Crippen molar-refractivity contribution in [3.05, 3.63) is 81.7 Å². The topological polar surface area (TPSA) is 99.0 Å². The smallest absolute Gasteiger partial charge is 0.338 e. The third-order valence-corrected chi connectivity index (χ3v) is 7.48. The summed E-state index contributed by atoms with van der Waals surface area (Å²) in [5.41, 5.74) is 4.90. The summed E-state index contributed by atoms with van der Waals surface area (Å²) in [6.07, 6.45) is 2.85. The van der Waals surface area contributed by atoms with E-state index in [1.807, 2.05) is 38.1 Å². The molecule has 2 aromatic carbocycles. The van der Waals surface area contributed by atoms with E-state index in [0.29, 0.717) is 4.91 Å². The number of hydroxylamine groups is 2. The lowest BCUT2D eigenvalue weighted by Gasteiger charge is -2.25. The van der Waals surface area contributed by atoms with Crippen LogP contribution in [-0.2, 0) is 0 Å². The number of carboxylic acids is 1. The van der Waals surface area contributed by atoms with E-state index in [0.717, 1.165) is 46.2 Å². The van der Waals surface area contributed by atoms with Crippen LogP contribution in [-0.4, -0.2) is 39.4 Å². The molecule has 204 valence electrons. The molecule has 0 heterocycles. The van der Waals surface area contributed by atoms with Gasteiger partial charge in [-0.15, -0.1) is 10.4 Å².